The number of carbonyl (C=O) groups excluding carboxylic acids is 1. The average molecular weight is 331 g/mol. The molecular weight excluding hydrogens is 322 g/mol. The highest BCUT2D eigenvalue weighted by Gasteiger charge is 2.15. The third kappa shape index (κ3) is 2.63. The first-order valence-electron chi connectivity index (χ1n) is 6.48. The van der Waals surface area contributed by atoms with Gasteiger partial charge in [0.15, 0.2) is 5.69 Å². The van der Waals surface area contributed by atoms with Gasteiger partial charge in [0.1, 0.15) is 0 Å². The van der Waals surface area contributed by atoms with Crippen LogP contribution in [0.3, 0.4) is 0 Å². The molecule has 0 aliphatic carbocycles. The second-order valence-electron chi connectivity index (χ2n) is 4.86. The van der Waals surface area contributed by atoms with Gasteiger partial charge in [0.2, 0.25) is 0 Å². The molecule has 0 bridgehead atoms. The van der Waals surface area contributed by atoms with E-state index in [1.165, 1.54) is 16.9 Å². The highest BCUT2D eigenvalue weighted by molar-refractivity contribution is 5.90. The molecule has 0 spiro atoms. The minimum Gasteiger partial charge on any atom is -0.364 e. The summed E-state index contributed by atoms with van der Waals surface area (Å²) in [6, 6.07) is 2.36. The molecule has 12 heteroatoms. The van der Waals surface area contributed by atoms with Gasteiger partial charge in [0.25, 0.3) is 11.6 Å². The summed E-state index contributed by atoms with van der Waals surface area (Å²) in [5, 5.41) is 18.3. The van der Waals surface area contributed by atoms with E-state index >= 15 is 0 Å². The molecule has 0 fully saturated rings. The van der Waals surface area contributed by atoms with Crippen molar-refractivity contribution in [3.63, 3.8) is 0 Å². The molecule has 3 rings (SSSR count). The molecule has 4 N–H and O–H groups in total. The third-order valence-corrected chi connectivity index (χ3v) is 3.23. The lowest BCUT2D eigenvalue weighted by molar-refractivity contribution is -0.384. The van der Waals surface area contributed by atoms with Crippen LogP contribution in [-0.2, 0) is 6.54 Å². The van der Waals surface area contributed by atoms with Gasteiger partial charge >= 0.3 is 11.1 Å². The van der Waals surface area contributed by atoms with Crippen LogP contribution in [0.1, 0.15) is 16.1 Å². The van der Waals surface area contributed by atoms with E-state index < -0.39 is 21.9 Å². The molecule has 0 radical (unpaired) electrons. The lowest BCUT2D eigenvalue weighted by Crippen LogP contribution is -2.29. The Morgan fingerprint density at radius 1 is 1.29 bits per heavy atom. The summed E-state index contributed by atoms with van der Waals surface area (Å²) in [7, 11) is 0. The van der Waals surface area contributed by atoms with Gasteiger partial charge in [-0.2, -0.15) is 0 Å². The van der Waals surface area contributed by atoms with Gasteiger partial charge in [-0.05, 0) is 0 Å². The van der Waals surface area contributed by atoms with Gasteiger partial charge in [-0.3, -0.25) is 24.5 Å². The van der Waals surface area contributed by atoms with Crippen molar-refractivity contribution in [2.24, 2.45) is 5.73 Å². The molecule has 12 nitrogen and oxygen atoms in total. The number of H-pyrrole nitrogens is 2. The number of aromatic nitrogens is 5. The monoisotopic (exact) mass is 331 g/mol. The largest absolute Gasteiger partial charge is 0.364 e. The lowest BCUT2D eigenvalue weighted by atomic mass is 10.1. The first-order chi connectivity index (χ1) is 11.3. The average Bonchev–Trinajstić information content (AvgIpc) is 2.97. The highest BCUT2D eigenvalue weighted by atomic mass is 16.6. The maximum absolute atomic E-state index is 11.5. The standard InChI is InChI=1S/C12H9N7O5/c13-10(20)8-4-18(17-16-8)3-5-1-6(19(23)24)2-7-9(5)15-12(22)11(21)14-7/h1-2,4H,3H2,(H2,13,20)(H,14,21)(H,15,22). The van der Waals surface area contributed by atoms with Gasteiger partial charge in [0, 0.05) is 17.7 Å². The van der Waals surface area contributed by atoms with Crippen LogP contribution in [0.2, 0.25) is 0 Å². The van der Waals surface area contributed by atoms with Crippen LogP contribution in [-0.4, -0.2) is 35.8 Å². The van der Waals surface area contributed by atoms with Crippen molar-refractivity contribution in [3.8, 4) is 0 Å². The Morgan fingerprint density at radius 2 is 2.00 bits per heavy atom. The highest BCUT2D eigenvalue weighted by Crippen LogP contribution is 2.22. The maximum Gasteiger partial charge on any atom is 0.314 e. The van der Waals surface area contributed by atoms with E-state index in [-0.39, 0.29) is 29.0 Å². The Kier molecular flexibility index (Phi) is 3.41. The normalized spacial score (nSPS) is 10.8. The number of nitro groups is 1. The quantitative estimate of drug-likeness (QED) is 0.306. The third-order valence-electron chi connectivity index (χ3n) is 3.23. The molecule has 0 unspecified atom stereocenters. The lowest BCUT2D eigenvalue weighted by Gasteiger charge is -2.06. The zero-order valence-electron chi connectivity index (χ0n) is 11.8. The Morgan fingerprint density at radius 3 is 2.62 bits per heavy atom. The zero-order chi connectivity index (χ0) is 17.4. The molecule has 0 aliphatic heterocycles. The molecule has 24 heavy (non-hydrogen) atoms. The number of hydrogen-bond donors (Lipinski definition) is 3. The first-order valence-corrected chi connectivity index (χ1v) is 6.48. The number of rotatable bonds is 4. The summed E-state index contributed by atoms with van der Waals surface area (Å²) < 4.78 is 1.22. The summed E-state index contributed by atoms with van der Waals surface area (Å²) in [6.45, 7) is -0.0412. The van der Waals surface area contributed by atoms with Crippen molar-refractivity contribution in [2.45, 2.75) is 6.54 Å². The fourth-order valence-corrected chi connectivity index (χ4v) is 2.17. The van der Waals surface area contributed by atoms with Crippen LogP contribution in [0.15, 0.2) is 27.9 Å². The number of benzene rings is 1. The molecule has 1 aromatic carbocycles. The van der Waals surface area contributed by atoms with Crippen LogP contribution < -0.4 is 16.9 Å². The molecule has 0 saturated heterocycles. The second-order valence-corrected chi connectivity index (χ2v) is 4.86. The van der Waals surface area contributed by atoms with Gasteiger partial charge in [0.05, 0.1) is 28.7 Å². The SMILES string of the molecule is NC(=O)c1cn(Cc2cc([N+](=O)[O-])cc3[nH]c(=O)c(=O)[nH]c23)nn1. The van der Waals surface area contributed by atoms with Crippen molar-refractivity contribution in [1.82, 2.24) is 25.0 Å². The number of aromatic amines is 2. The smallest absolute Gasteiger partial charge is 0.314 e. The number of primary amides is 1. The van der Waals surface area contributed by atoms with E-state index in [9.17, 15) is 24.5 Å². The van der Waals surface area contributed by atoms with Crippen molar-refractivity contribution in [2.75, 3.05) is 0 Å². The number of non-ortho nitro benzene ring substituents is 1. The van der Waals surface area contributed by atoms with E-state index in [4.69, 9.17) is 5.73 Å². The molecular formula is C12H9N7O5. The van der Waals surface area contributed by atoms with Crippen LogP contribution in [0.4, 0.5) is 5.69 Å². The zero-order valence-corrected chi connectivity index (χ0v) is 11.8. The van der Waals surface area contributed by atoms with Crippen molar-refractivity contribution in [1.29, 1.82) is 0 Å². The Hall–Kier alpha value is -3.83. The van der Waals surface area contributed by atoms with E-state index in [2.05, 4.69) is 20.3 Å². The predicted molar refractivity (Wildman–Crippen MR) is 79.5 cm³/mol. The summed E-state index contributed by atoms with van der Waals surface area (Å²) in [5.74, 6) is -0.775. The first kappa shape index (κ1) is 15.1. The summed E-state index contributed by atoms with van der Waals surface area (Å²) in [6.07, 6.45) is 1.26. The number of carbonyl (C=O) groups is 1. The summed E-state index contributed by atoms with van der Waals surface area (Å²) >= 11 is 0. The second kappa shape index (κ2) is 5.42. The number of hydrogen-bond acceptors (Lipinski definition) is 7. The minimum atomic E-state index is -0.925. The minimum absolute atomic E-state index is 0.0412. The summed E-state index contributed by atoms with van der Waals surface area (Å²) in [5.41, 5.74) is 3.51. The van der Waals surface area contributed by atoms with Crippen molar-refractivity contribution in [3.05, 3.63) is 60.4 Å². The van der Waals surface area contributed by atoms with Gasteiger partial charge in [-0.25, -0.2) is 4.68 Å². The molecule has 3 aromatic rings. The molecule has 0 atom stereocenters. The number of nitrogens with one attached hydrogen (secondary N) is 2. The molecule has 2 heterocycles. The van der Waals surface area contributed by atoms with Gasteiger partial charge < -0.3 is 15.7 Å². The van der Waals surface area contributed by atoms with E-state index in [1.54, 1.807) is 0 Å². The maximum atomic E-state index is 11.5. The van der Waals surface area contributed by atoms with Crippen LogP contribution in [0, 0.1) is 10.1 Å². The molecule has 1 amide bonds. The Labute approximate surface area is 131 Å². The topological polar surface area (TPSA) is 183 Å². The molecule has 122 valence electrons. The summed E-state index contributed by atoms with van der Waals surface area (Å²) in [4.78, 5) is 49.0. The van der Waals surface area contributed by atoms with Crippen molar-refractivity contribution < 1.29 is 9.72 Å². The van der Waals surface area contributed by atoms with Gasteiger partial charge in [-0.1, -0.05) is 5.21 Å². The molecule has 2 aromatic heterocycles. The number of nitrogens with zero attached hydrogens (tertiary/aromatic N) is 4. The fourth-order valence-electron chi connectivity index (χ4n) is 2.17. The predicted octanol–water partition coefficient (Wildman–Crippen LogP) is -1.14. The molecule has 0 saturated carbocycles. The van der Waals surface area contributed by atoms with Gasteiger partial charge in [-0.15, -0.1) is 5.10 Å². The number of amides is 1. The molecule has 0 aliphatic rings. The van der Waals surface area contributed by atoms with Crippen LogP contribution in [0.5, 0.6) is 0 Å². The number of nitrogens with two attached hydrogens (primary N) is 1. The van der Waals surface area contributed by atoms with Crippen LogP contribution in [0.25, 0.3) is 11.0 Å². The van der Waals surface area contributed by atoms with E-state index in [0.29, 0.717) is 5.56 Å². The van der Waals surface area contributed by atoms with Crippen LogP contribution >= 0.6 is 0 Å². The van der Waals surface area contributed by atoms with E-state index in [0.717, 1.165) is 6.07 Å². The van der Waals surface area contributed by atoms with E-state index in [1.807, 2.05) is 0 Å². The number of fused-ring (bicyclic) bond motifs is 1. The Balaban J connectivity index is 2.18. The Bertz CT molecular complexity index is 1090. The fraction of sp³-hybridized carbons (Fsp3) is 0.0833. The van der Waals surface area contributed by atoms with Crippen molar-refractivity contribution >= 4 is 22.6 Å². The number of nitro benzene ring substituents is 1.